The number of carbonyl (C=O) groups excluding carboxylic acids is 2. The van der Waals surface area contributed by atoms with Crippen molar-refractivity contribution in [3.63, 3.8) is 0 Å². The molecule has 3 heterocycles. The van der Waals surface area contributed by atoms with Gasteiger partial charge in [-0.15, -0.1) is 11.3 Å². The lowest BCUT2D eigenvalue weighted by Crippen LogP contribution is -2.51. The number of hydrogen-bond acceptors (Lipinski definition) is 4. The molecule has 2 aromatic rings. The lowest BCUT2D eigenvalue weighted by Gasteiger charge is -2.38. The quantitative estimate of drug-likeness (QED) is 0.742. The molecule has 154 valence electrons. The van der Waals surface area contributed by atoms with Gasteiger partial charge in [-0.2, -0.15) is 0 Å². The van der Waals surface area contributed by atoms with Gasteiger partial charge in [-0.1, -0.05) is 29.8 Å². The zero-order chi connectivity index (χ0) is 20.2. The molecule has 0 radical (unpaired) electrons. The van der Waals surface area contributed by atoms with Crippen LogP contribution in [0.3, 0.4) is 0 Å². The summed E-state index contributed by atoms with van der Waals surface area (Å²) in [6.07, 6.45) is 1.53. The van der Waals surface area contributed by atoms with E-state index in [0.717, 1.165) is 55.5 Å². The van der Waals surface area contributed by atoms with Crippen LogP contribution >= 0.6 is 22.9 Å². The average Bonchev–Trinajstić information content (AvgIpc) is 3.28. The van der Waals surface area contributed by atoms with Gasteiger partial charge in [0.2, 0.25) is 5.91 Å². The van der Waals surface area contributed by atoms with E-state index in [1.807, 2.05) is 45.5 Å². The van der Waals surface area contributed by atoms with E-state index in [4.69, 9.17) is 11.6 Å². The summed E-state index contributed by atoms with van der Waals surface area (Å²) in [5, 5.41) is 2.69. The van der Waals surface area contributed by atoms with Gasteiger partial charge in [-0.05, 0) is 42.0 Å². The second kappa shape index (κ2) is 9.28. The van der Waals surface area contributed by atoms with Crippen molar-refractivity contribution in [3.05, 3.63) is 57.2 Å². The van der Waals surface area contributed by atoms with Crippen molar-refractivity contribution >= 4 is 34.8 Å². The summed E-state index contributed by atoms with van der Waals surface area (Å²) in [6.45, 7) is 5.51. The maximum absolute atomic E-state index is 13.0. The number of rotatable bonds is 4. The van der Waals surface area contributed by atoms with Crippen LogP contribution in [0.4, 0.5) is 0 Å². The summed E-state index contributed by atoms with van der Waals surface area (Å²) in [7, 11) is 0. The van der Waals surface area contributed by atoms with E-state index in [0.29, 0.717) is 13.1 Å². The third-order valence-electron chi connectivity index (χ3n) is 5.84. The molecule has 7 heteroatoms. The van der Waals surface area contributed by atoms with Gasteiger partial charge in [0.15, 0.2) is 0 Å². The molecule has 1 aromatic heterocycles. The molecule has 2 aliphatic heterocycles. The lowest BCUT2D eigenvalue weighted by molar-refractivity contribution is -0.138. The molecule has 0 saturated carbocycles. The Balaban J connectivity index is 1.23. The van der Waals surface area contributed by atoms with E-state index in [2.05, 4.69) is 11.0 Å². The van der Waals surface area contributed by atoms with Crippen LogP contribution in [-0.4, -0.2) is 65.8 Å². The average molecular weight is 432 g/mol. The normalized spacial score (nSPS) is 18.8. The summed E-state index contributed by atoms with van der Waals surface area (Å²) < 4.78 is 0. The molecular weight excluding hydrogens is 406 g/mol. The zero-order valence-corrected chi connectivity index (χ0v) is 18.0. The molecule has 4 rings (SSSR count). The first kappa shape index (κ1) is 20.4. The highest BCUT2D eigenvalue weighted by Gasteiger charge is 2.32. The van der Waals surface area contributed by atoms with Crippen LogP contribution in [0.1, 0.15) is 28.1 Å². The first-order chi connectivity index (χ1) is 14.1. The van der Waals surface area contributed by atoms with Gasteiger partial charge >= 0.3 is 0 Å². The number of benzene rings is 1. The molecule has 1 aromatic carbocycles. The number of nitrogens with zero attached hydrogens (tertiary/aromatic N) is 3. The number of thiophene rings is 1. The van der Waals surface area contributed by atoms with Crippen LogP contribution in [-0.2, 0) is 11.3 Å². The summed E-state index contributed by atoms with van der Waals surface area (Å²) in [6, 6.07) is 11.7. The Labute approximate surface area is 180 Å². The summed E-state index contributed by atoms with van der Waals surface area (Å²) in [5.74, 6) is 0.401. The molecule has 0 spiro atoms. The van der Waals surface area contributed by atoms with Gasteiger partial charge in [0.05, 0.1) is 4.88 Å². The highest BCUT2D eigenvalue weighted by molar-refractivity contribution is 7.12. The van der Waals surface area contributed by atoms with Crippen molar-refractivity contribution < 1.29 is 9.59 Å². The van der Waals surface area contributed by atoms with E-state index < -0.39 is 0 Å². The Morgan fingerprint density at radius 2 is 1.72 bits per heavy atom. The van der Waals surface area contributed by atoms with E-state index in [1.54, 1.807) is 0 Å². The maximum atomic E-state index is 13.0. The molecule has 2 saturated heterocycles. The Bertz CT molecular complexity index is 842. The van der Waals surface area contributed by atoms with Crippen molar-refractivity contribution in [1.29, 1.82) is 0 Å². The number of amides is 2. The van der Waals surface area contributed by atoms with E-state index in [9.17, 15) is 9.59 Å². The number of piperazine rings is 1. The third-order valence-corrected chi connectivity index (χ3v) is 6.94. The Morgan fingerprint density at radius 3 is 2.38 bits per heavy atom. The SMILES string of the molecule is O=C(c1cccs1)N1CCC(C(=O)N2CCN(Cc3cccc(Cl)c3)CC2)CC1. The molecule has 0 bridgehead atoms. The van der Waals surface area contributed by atoms with Crippen molar-refractivity contribution in [3.8, 4) is 0 Å². The fourth-order valence-electron chi connectivity index (χ4n) is 4.16. The molecule has 0 unspecified atom stereocenters. The highest BCUT2D eigenvalue weighted by Crippen LogP contribution is 2.23. The van der Waals surface area contributed by atoms with Crippen LogP contribution in [0, 0.1) is 5.92 Å². The molecule has 0 aliphatic carbocycles. The molecule has 2 aliphatic rings. The van der Waals surface area contributed by atoms with Crippen LogP contribution in [0.2, 0.25) is 5.02 Å². The topological polar surface area (TPSA) is 43.9 Å². The monoisotopic (exact) mass is 431 g/mol. The van der Waals surface area contributed by atoms with E-state index in [1.165, 1.54) is 16.9 Å². The molecular formula is C22H26ClN3O2S. The van der Waals surface area contributed by atoms with E-state index >= 15 is 0 Å². The second-order valence-electron chi connectivity index (χ2n) is 7.78. The molecule has 0 atom stereocenters. The van der Waals surface area contributed by atoms with Crippen molar-refractivity contribution in [2.75, 3.05) is 39.3 Å². The van der Waals surface area contributed by atoms with Crippen LogP contribution in [0.25, 0.3) is 0 Å². The predicted molar refractivity (Wildman–Crippen MR) is 116 cm³/mol. The first-order valence-electron chi connectivity index (χ1n) is 10.2. The maximum Gasteiger partial charge on any atom is 0.263 e. The van der Waals surface area contributed by atoms with Gasteiger partial charge in [-0.25, -0.2) is 0 Å². The smallest absolute Gasteiger partial charge is 0.263 e. The fourth-order valence-corrected chi connectivity index (χ4v) is 5.07. The number of halogens is 1. The molecule has 0 N–H and O–H groups in total. The Morgan fingerprint density at radius 1 is 0.966 bits per heavy atom. The number of carbonyl (C=O) groups is 2. The second-order valence-corrected chi connectivity index (χ2v) is 9.16. The molecule has 5 nitrogen and oxygen atoms in total. The minimum atomic E-state index is 0.0434. The highest BCUT2D eigenvalue weighted by atomic mass is 35.5. The zero-order valence-electron chi connectivity index (χ0n) is 16.4. The molecule has 2 fully saturated rings. The standard InChI is InChI=1S/C22H26ClN3O2S/c23-19-4-1-3-17(15-19)16-24-10-12-26(13-11-24)21(27)18-6-8-25(9-7-18)22(28)20-5-2-14-29-20/h1-5,14-15,18H,6-13,16H2. The van der Waals surface area contributed by atoms with E-state index in [-0.39, 0.29) is 17.7 Å². The van der Waals surface area contributed by atoms with Crippen LogP contribution < -0.4 is 0 Å². The summed E-state index contributed by atoms with van der Waals surface area (Å²) in [5.41, 5.74) is 1.21. The van der Waals surface area contributed by atoms with Gasteiger partial charge in [-0.3, -0.25) is 14.5 Å². The first-order valence-corrected chi connectivity index (χ1v) is 11.4. The Hall–Kier alpha value is -1.89. The lowest BCUT2D eigenvalue weighted by atomic mass is 9.94. The van der Waals surface area contributed by atoms with Crippen molar-refractivity contribution in [2.24, 2.45) is 5.92 Å². The Kier molecular flexibility index (Phi) is 6.53. The van der Waals surface area contributed by atoms with Gasteiger partial charge < -0.3 is 9.80 Å². The number of piperidine rings is 1. The van der Waals surface area contributed by atoms with Gasteiger partial charge in [0.25, 0.3) is 5.91 Å². The largest absolute Gasteiger partial charge is 0.340 e. The van der Waals surface area contributed by atoms with Crippen molar-refractivity contribution in [1.82, 2.24) is 14.7 Å². The van der Waals surface area contributed by atoms with Gasteiger partial charge in [0, 0.05) is 56.8 Å². The molecule has 29 heavy (non-hydrogen) atoms. The summed E-state index contributed by atoms with van der Waals surface area (Å²) >= 11 is 7.55. The number of hydrogen-bond donors (Lipinski definition) is 0. The van der Waals surface area contributed by atoms with Gasteiger partial charge in [0.1, 0.15) is 0 Å². The van der Waals surface area contributed by atoms with Crippen LogP contribution in [0.15, 0.2) is 41.8 Å². The fraction of sp³-hybridized carbons (Fsp3) is 0.455. The third kappa shape index (κ3) is 5.00. The number of likely N-dealkylation sites (tertiary alicyclic amines) is 1. The van der Waals surface area contributed by atoms with Crippen molar-refractivity contribution in [2.45, 2.75) is 19.4 Å². The van der Waals surface area contributed by atoms with Crippen LogP contribution in [0.5, 0.6) is 0 Å². The minimum Gasteiger partial charge on any atom is -0.340 e. The predicted octanol–water partition coefficient (Wildman–Crippen LogP) is 3.60. The molecule has 2 amide bonds. The summed E-state index contributed by atoms with van der Waals surface area (Å²) in [4.78, 5) is 32.5. The minimum absolute atomic E-state index is 0.0434.